The first-order valence-corrected chi connectivity index (χ1v) is 13.5. The van der Waals surface area contributed by atoms with E-state index < -0.39 is 43.8 Å². The standard InChI is InChI=1S/C25H21F3N5O6P.2Na/c1-25(2,39-40(35,36)37)23-29-9-11(10-30-23)13-6-17-15(7-14(13)26)31-21-16-8-18(33(17)21)20-12(22(34)32-16)4-3-5-19(20)38-24(27)28;;/h3-7,9-10,16,18,24H,8H2,1-2H3,(H,32,34)(H2,35,36,37);;/q;2*+1/t16-,18-;;/m1../s1. The van der Waals surface area contributed by atoms with Gasteiger partial charge in [0.25, 0.3) is 5.91 Å². The van der Waals surface area contributed by atoms with E-state index in [0.29, 0.717) is 23.3 Å². The molecule has 4 aromatic rings. The number of carbonyl (C=O) groups is 1. The van der Waals surface area contributed by atoms with E-state index in [9.17, 15) is 18.1 Å². The van der Waals surface area contributed by atoms with Gasteiger partial charge in [-0.25, -0.2) is 23.9 Å². The molecule has 17 heteroatoms. The van der Waals surface area contributed by atoms with Gasteiger partial charge in [0.05, 0.1) is 23.1 Å². The third kappa shape index (κ3) is 5.94. The number of nitrogens with one attached hydrogen (secondary N) is 1. The number of amides is 1. The van der Waals surface area contributed by atoms with Crippen molar-refractivity contribution in [2.45, 2.75) is 44.6 Å². The van der Waals surface area contributed by atoms with Crippen LogP contribution in [0.25, 0.3) is 22.2 Å². The van der Waals surface area contributed by atoms with Crippen molar-refractivity contribution >= 4 is 24.8 Å². The first-order chi connectivity index (χ1) is 18.8. The molecule has 0 saturated carbocycles. The summed E-state index contributed by atoms with van der Waals surface area (Å²) in [7, 11) is -4.84. The molecule has 0 radical (unpaired) electrons. The molecule has 0 fully saturated rings. The van der Waals surface area contributed by atoms with Crippen LogP contribution in [-0.4, -0.2) is 41.8 Å². The van der Waals surface area contributed by atoms with Gasteiger partial charge < -0.3 is 24.4 Å². The third-order valence-corrected chi connectivity index (χ3v) is 7.60. The summed E-state index contributed by atoms with van der Waals surface area (Å²) in [6.07, 6.45) is 2.93. The molecule has 2 atom stereocenters. The Labute approximate surface area is 281 Å². The quantitative estimate of drug-likeness (QED) is 0.170. The Morgan fingerprint density at radius 2 is 1.83 bits per heavy atom. The molecular formula is C25H21F3N5Na2O6P+2. The molecule has 1 amide bonds. The Kier molecular flexibility index (Phi) is 9.38. The monoisotopic (exact) mass is 621 g/mol. The summed E-state index contributed by atoms with van der Waals surface area (Å²) in [5.74, 6) is -0.800. The molecule has 0 saturated heterocycles. The van der Waals surface area contributed by atoms with Gasteiger partial charge in [0, 0.05) is 40.7 Å². The first-order valence-electron chi connectivity index (χ1n) is 12.0. The van der Waals surface area contributed by atoms with Crippen LogP contribution in [0.5, 0.6) is 5.75 Å². The molecule has 11 nitrogen and oxygen atoms in total. The second-order valence-electron chi connectivity index (χ2n) is 9.92. The molecule has 0 unspecified atom stereocenters. The molecule has 3 N–H and O–H groups in total. The molecule has 2 aliphatic heterocycles. The van der Waals surface area contributed by atoms with Crippen LogP contribution in [0.1, 0.15) is 59.9 Å². The second-order valence-corrected chi connectivity index (χ2v) is 11.1. The molecular weight excluding hydrogens is 600 g/mol. The van der Waals surface area contributed by atoms with Crippen molar-refractivity contribution < 1.29 is 101 Å². The van der Waals surface area contributed by atoms with E-state index in [1.165, 1.54) is 56.6 Å². The average Bonchev–Trinajstić information content (AvgIpc) is 3.33. The van der Waals surface area contributed by atoms with Crippen LogP contribution in [0.15, 0.2) is 42.7 Å². The number of hydrogen-bond donors (Lipinski definition) is 3. The van der Waals surface area contributed by atoms with Gasteiger partial charge in [-0.1, -0.05) is 6.07 Å². The Morgan fingerprint density at radius 3 is 2.48 bits per heavy atom. The van der Waals surface area contributed by atoms with Gasteiger partial charge in [-0.2, -0.15) is 8.78 Å². The van der Waals surface area contributed by atoms with Gasteiger partial charge in [-0.05, 0) is 38.5 Å². The molecule has 42 heavy (non-hydrogen) atoms. The van der Waals surface area contributed by atoms with Crippen LogP contribution in [0.2, 0.25) is 0 Å². The zero-order valence-corrected chi connectivity index (χ0v) is 27.8. The van der Waals surface area contributed by atoms with Crippen molar-refractivity contribution in [2.75, 3.05) is 0 Å². The van der Waals surface area contributed by atoms with Crippen molar-refractivity contribution in [3.05, 3.63) is 71.3 Å². The molecule has 208 valence electrons. The number of alkyl halides is 2. The SMILES string of the molecule is CC(C)(OP(=O)(O)O)c1ncc(-c2cc3c(cc2F)nc2n3[C@@H]3C[C@H]2NC(=O)c2cccc(OC(F)F)c23)cn1.[Na+].[Na+]. The van der Waals surface area contributed by atoms with Crippen molar-refractivity contribution in [2.24, 2.45) is 0 Å². The molecule has 2 aromatic carbocycles. The maximum absolute atomic E-state index is 15.3. The van der Waals surface area contributed by atoms with Crippen LogP contribution in [-0.2, 0) is 14.7 Å². The molecule has 0 aliphatic carbocycles. The number of hydrogen-bond acceptors (Lipinski definition) is 7. The summed E-state index contributed by atoms with van der Waals surface area (Å²) in [6.45, 7) is -0.339. The molecule has 4 heterocycles. The Hall–Kier alpha value is -1.84. The summed E-state index contributed by atoms with van der Waals surface area (Å²) in [4.78, 5) is 44.1. The minimum Gasteiger partial charge on any atom is -0.434 e. The van der Waals surface area contributed by atoms with Crippen LogP contribution >= 0.6 is 7.82 Å². The third-order valence-electron chi connectivity index (χ3n) is 6.90. The Morgan fingerprint density at radius 1 is 1.14 bits per heavy atom. The zero-order valence-electron chi connectivity index (χ0n) is 22.9. The summed E-state index contributed by atoms with van der Waals surface area (Å²) in [5, 5.41) is 2.87. The number of ether oxygens (including phenoxy) is 1. The van der Waals surface area contributed by atoms with E-state index in [-0.39, 0.29) is 92.9 Å². The number of imidazole rings is 1. The summed E-state index contributed by atoms with van der Waals surface area (Å²) >= 11 is 0. The molecule has 0 spiro atoms. The number of phosphoric acid groups is 1. The number of nitrogens with zero attached hydrogens (tertiary/aromatic N) is 4. The van der Waals surface area contributed by atoms with Crippen LogP contribution < -0.4 is 69.2 Å². The second kappa shape index (κ2) is 11.9. The van der Waals surface area contributed by atoms with Crippen LogP contribution in [0.4, 0.5) is 13.2 Å². The molecule has 2 bridgehead atoms. The largest absolute Gasteiger partial charge is 1.00 e. The predicted octanol–water partition coefficient (Wildman–Crippen LogP) is -1.64. The van der Waals surface area contributed by atoms with E-state index in [0.717, 1.165) is 0 Å². The first kappa shape index (κ1) is 33.1. The number of aromatic nitrogens is 4. The van der Waals surface area contributed by atoms with E-state index in [4.69, 9.17) is 19.0 Å². The predicted molar refractivity (Wildman–Crippen MR) is 133 cm³/mol. The number of halogens is 3. The van der Waals surface area contributed by atoms with Gasteiger partial charge in [-0.15, -0.1) is 0 Å². The van der Waals surface area contributed by atoms with E-state index >= 15 is 4.39 Å². The number of carbonyl (C=O) groups excluding carboxylic acids is 1. The number of phosphoric ester groups is 1. The van der Waals surface area contributed by atoms with Crippen molar-refractivity contribution in [1.82, 2.24) is 24.8 Å². The van der Waals surface area contributed by atoms with Crippen LogP contribution in [0.3, 0.4) is 0 Å². The summed E-state index contributed by atoms with van der Waals surface area (Å²) < 4.78 is 64.4. The maximum atomic E-state index is 15.3. The Bertz CT molecular complexity index is 1730. The average molecular weight is 621 g/mol. The number of benzene rings is 2. The van der Waals surface area contributed by atoms with E-state index in [1.54, 1.807) is 4.57 Å². The zero-order chi connectivity index (χ0) is 28.6. The van der Waals surface area contributed by atoms with Gasteiger partial charge in [0.1, 0.15) is 23.0 Å². The fourth-order valence-corrected chi connectivity index (χ4v) is 6.05. The van der Waals surface area contributed by atoms with E-state index in [1.807, 2.05) is 0 Å². The van der Waals surface area contributed by atoms with Gasteiger partial charge in [0.15, 0.2) is 5.82 Å². The van der Waals surface area contributed by atoms with E-state index in [2.05, 4.69) is 20.3 Å². The number of rotatable bonds is 6. The summed E-state index contributed by atoms with van der Waals surface area (Å²) in [5.41, 5.74) is 0.108. The molecule has 2 aromatic heterocycles. The van der Waals surface area contributed by atoms with Gasteiger partial charge >= 0.3 is 73.5 Å². The van der Waals surface area contributed by atoms with Crippen LogP contribution in [0, 0.1) is 5.82 Å². The fraction of sp³-hybridized carbons (Fsp3) is 0.280. The van der Waals surface area contributed by atoms with Gasteiger partial charge in [-0.3, -0.25) is 9.32 Å². The maximum Gasteiger partial charge on any atom is 1.00 e. The molecule has 6 rings (SSSR count). The smallest absolute Gasteiger partial charge is 0.434 e. The molecule has 2 aliphatic rings. The van der Waals surface area contributed by atoms with Crippen molar-refractivity contribution in [1.29, 1.82) is 0 Å². The van der Waals surface area contributed by atoms with Gasteiger partial charge in [0.2, 0.25) is 0 Å². The minimum atomic E-state index is -4.84. The fourth-order valence-electron chi connectivity index (χ4n) is 5.37. The normalized spacial score (nSPS) is 17.6. The Balaban J connectivity index is 0.00000202. The topological polar surface area (TPSA) is 149 Å². The summed E-state index contributed by atoms with van der Waals surface area (Å²) in [6, 6.07) is 5.98. The minimum absolute atomic E-state index is 0. The number of fused-ring (bicyclic) bond motifs is 9. The van der Waals surface area contributed by atoms with Crippen molar-refractivity contribution in [3.63, 3.8) is 0 Å². The van der Waals surface area contributed by atoms with Crippen molar-refractivity contribution in [3.8, 4) is 16.9 Å².